The maximum Gasteiger partial charge on any atom is 0.343 e. The van der Waals surface area contributed by atoms with Crippen LogP contribution in [0.2, 0.25) is 0 Å². The van der Waals surface area contributed by atoms with Crippen molar-refractivity contribution in [2.45, 2.75) is 13.3 Å². The van der Waals surface area contributed by atoms with E-state index in [-0.39, 0.29) is 33.2 Å². The van der Waals surface area contributed by atoms with E-state index in [0.29, 0.717) is 53.2 Å². The summed E-state index contributed by atoms with van der Waals surface area (Å²) in [5.74, 6) is 0.694. The number of anilines is 1. The van der Waals surface area contributed by atoms with E-state index in [1.807, 2.05) is 6.92 Å². The molecule has 0 unspecified atom stereocenters. The van der Waals surface area contributed by atoms with E-state index in [2.05, 4.69) is 0 Å². The van der Waals surface area contributed by atoms with Gasteiger partial charge < -0.3 is 29.1 Å². The summed E-state index contributed by atoms with van der Waals surface area (Å²) in [5.41, 5.74) is 1.62. The molecule has 9 heteroatoms. The summed E-state index contributed by atoms with van der Waals surface area (Å²) in [5, 5.41) is 20.2. The molecule has 4 aromatic rings. The molecule has 5 rings (SSSR count). The second-order valence-corrected chi connectivity index (χ2v) is 7.86. The molecule has 178 valence electrons. The number of benzene rings is 3. The Morgan fingerprint density at radius 3 is 2.66 bits per heavy atom. The minimum atomic E-state index is -0.724. The van der Waals surface area contributed by atoms with Gasteiger partial charge in [-0.3, -0.25) is 10.0 Å². The van der Waals surface area contributed by atoms with Gasteiger partial charge in [-0.15, -0.1) is 0 Å². The lowest BCUT2D eigenvalue weighted by molar-refractivity contribution is 0.0733. The summed E-state index contributed by atoms with van der Waals surface area (Å²) in [7, 11) is 0. The predicted molar refractivity (Wildman–Crippen MR) is 127 cm³/mol. The third-order valence-corrected chi connectivity index (χ3v) is 5.70. The van der Waals surface area contributed by atoms with Crippen LogP contribution < -0.4 is 24.9 Å². The van der Waals surface area contributed by atoms with E-state index in [4.69, 9.17) is 23.8 Å². The molecule has 35 heavy (non-hydrogen) atoms. The number of ether oxygens (including phenoxy) is 3. The molecule has 0 spiro atoms. The predicted octanol–water partition coefficient (Wildman–Crippen LogP) is 4.71. The first-order chi connectivity index (χ1) is 16.9. The molecule has 9 nitrogen and oxygen atoms in total. The van der Waals surface area contributed by atoms with E-state index >= 15 is 0 Å². The number of nitrogens with zero attached hydrogens (tertiary/aromatic N) is 1. The van der Waals surface area contributed by atoms with Crippen molar-refractivity contribution in [3.05, 3.63) is 87.4 Å². The summed E-state index contributed by atoms with van der Waals surface area (Å²) >= 11 is 0. The second-order valence-electron chi connectivity index (χ2n) is 7.86. The fraction of sp³-hybridized carbons (Fsp3) is 0.154. The van der Waals surface area contributed by atoms with Crippen molar-refractivity contribution in [3.63, 3.8) is 0 Å². The lowest BCUT2D eigenvalue weighted by Gasteiger charge is -2.21. The molecule has 0 saturated heterocycles. The minimum absolute atomic E-state index is 0.0787. The Morgan fingerprint density at radius 1 is 1.09 bits per heavy atom. The first kappa shape index (κ1) is 22.5. The highest BCUT2D eigenvalue weighted by atomic mass is 16.8. The van der Waals surface area contributed by atoms with Crippen LogP contribution in [-0.2, 0) is 6.42 Å². The fourth-order valence-corrected chi connectivity index (χ4v) is 3.89. The van der Waals surface area contributed by atoms with Crippen LogP contribution in [0.1, 0.15) is 22.8 Å². The number of hydrogen-bond donors (Lipinski definition) is 1. The van der Waals surface area contributed by atoms with Crippen LogP contribution in [0.4, 0.5) is 5.69 Å². The molecule has 0 saturated carbocycles. The average molecular weight is 474 g/mol. The van der Waals surface area contributed by atoms with Gasteiger partial charge in [0.2, 0.25) is 5.43 Å². The quantitative estimate of drug-likeness (QED) is 0.249. The molecule has 0 atom stereocenters. The van der Waals surface area contributed by atoms with Crippen LogP contribution in [0.5, 0.6) is 17.2 Å². The van der Waals surface area contributed by atoms with Crippen molar-refractivity contribution in [3.8, 4) is 28.4 Å². The zero-order valence-electron chi connectivity index (χ0n) is 18.6. The van der Waals surface area contributed by atoms with E-state index < -0.39 is 5.97 Å². The van der Waals surface area contributed by atoms with E-state index in [1.165, 1.54) is 36.6 Å². The van der Waals surface area contributed by atoms with Gasteiger partial charge in [-0.25, -0.2) is 4.79 Å². The summed E-state index contributed by atoms with van der Waals surface area (Å²) in [6.45, 7) is 2.77. The summed E-state index contributed by atoms with van der Waals surface area (Å²) < 4.78 is 22.5. The number of hydrogen-bond acceptors (Lipinski definition) is 9. The first-order valence-electron chi connectivity index (χ1n) is 10.9. The summed E-state index contributed by atoms with van der Waals surface area (Å²) in [6, 6.07) is 13.9. The maximum atomic E-state index is 13.3. The van der Waals surface area contributed by atoms with Gasteiger partial charge in [0.05, 0.1) is 22.2 Å². The van der Waals surface area contributed by atoms with Crippen LogP contribution in [0.3, 0.4) is 0 Å². The van der Waals surface area contributed by atoms with Crippen LogP contribution in [0, 0.1) is 5.21 Å². The monoisotopic (exact) mass is 474 g/mol. The standard InChI is InChI=1S/C26H20NO8/c1-2-15-11-19-23(13-22(15)35-26(29)17-4-3-5-18(10-17)27(30)31)34-14-20(25(19)28)16-6-7-21-24(12-16)33-9-8-32-21/h3-7,10-14,30H,2,8-9H2,1H3/q-1. The first-order valence-corrected chi connectivity index (χ1v) is 10.9. The topological polar surface area (TPSA) is 122 Å². The number of aryl methyl sites for hydroxylation is 1. The van der Waals surface area contributed by atoms with E-state index in [1.54, 1.807) is 24.3 Å². The second kappa shape index (κ2) is 9.13. The Balaban J connectivity index is 1.51. The maximum absolute atomic E-state index is 13.3. The molecule has 1 aliphatic rings. The van der Waals surface area contributed by atoms with E-state index in [9.17, 15) is 14.8 Å². The fourth-order valence-electron chi connectivity index (χ4n) is 3.89. The lowest BCUT2D eigenvalue weighted by atomic mass is 10.0. The third kappa shape index (κ3) is 4.30. The van der Waals surface area contributed by atoms with Crippen molar-refractivity contribution in [1.29, 1.82) is 0 Å². The number of carbonyl (C=O) groups excluding carboxylic acids is 1. The minimum Gasteiger partial charge on any atom is -0.733 e. The molecule has 0 fully saturated rings. The number of esters is 1. The SMILES string of the molecule is CCc1cc2c(=O)c(-c3ccc4c(c3)OCCO4)coc2cc1OC(=O)c1cccc(N([O-])O)c1. The molecule has 1 aliphatic heterocycles. The van der Waals surface area contributed by atoms with Crippen molar-refractivity contribution in [1.82, 2.24) is 0 Å². The van der Waals surface area contributed by atoms with Gasteiger partial charge in [0.1, 0.15) is 30.8 Å². The Hall–Kier alpha value is -4.34. The molecule has 0 radical (unpaired) electrons. The molecular formula is C26H20NO8-. The molecule has 1 N–H and O–H groups in total. The normalized spacial score (nSPS) is 12.4. The summed E-state index contributed by atoms with van der Waals surface area (Å²) in [6.07, 6.45) is 1.85. The van der Waals surface area contributed by atoms with Crippen molar-refractivity contribution >= 4 is 22.6 Å². The van der Waals surface area contributed by atoms with Crippen molar-refractivity contribution < 1.29 is 28.6 Å². The summed E-state index contributed by atoms with van der Waals surface area (Å²) in [4.78, 5) is 26.0. The van der Waals surface area contributed by atoms with Crippen LogP contribution in [0.25, 0.3) is 22.1 Å². The van der Waals surface area contributed by atoms with Gasteiger partial charge >= 0.3 is 5.97 Å². The van der Waals surface area contributed by atoms with E-state index in [0.717, 1.165) is 0 Å². The Morgan fingerprint density at radius 2 is 1.89 bits per heavy atom. The molecule has 1 aromatic heterocycles. The van der Waals surface area contributed by atoms with Crippen molar-refractivity contribution in [2.24, 2.45) is 0 Å². The number of carbonyl (C=O) groups is 1. The van der Waals surface area contributed by atoms with Gasteiger partial charge in [-0.05, 0) is 53.9 Å². The van der Waals surface area contributed by atoms with Crippen molar-refractivity contribution in [2.75, 3.05) is 18.4 Å². The third-order valence-electron chi connectivity index (χ3n) is 5.70. The molecular weight excluding hydrogens is 454 g/mol. The van der Waals surface area contributed by atoms with Crippen LogP contribution >= 0.6 is 0 Å². The van der Waals surface area contributed by atoms with Gasteiger partial charge in [-0.1, -0.05) is 19.1 Å². The molecule has 3 aromatic carbocycles. The highest BCUT2D eigenvalue weighted by molar-refractivity contribution is 5.93. The smallest absolute Gasteiger partial charge is 0.343 e. The van der Waals surface area contributed by atoms with Gasteiger partial charge in [0.15, 0.2) is 11.5 Å². The average Bonchev–Trinajstić information content (AvgIpc) is 2.88. The molecule has 0 bridgehead atoms. The Bertz CT molecular complexity index is 1490. The van der Waals surface area contributed by atoms with Gasteiger partial charge in [0.25, 0.3) is 0 Å². The zero-order chi connectivity index (χ0) is 24.5. The molecule has 0 amide bonds. The Kier molecular flexibility index (Phi) is 5.86. The Labute approximate surface area is 199 Å². The zero-order valence-corrected chi connectivity index (χ0v) is 18.6. The van der Waals surface area contributed by atoms with Crippen LogP contribution in [-0.4, -0.2) is 24.4 Å². The van der Waals surface area contributed by atoms with Gasteiger partial charge in [0, 0.05) is 6.07 Å². The largest absolute Gasteiger partial charge is 0.733 e. The van der Waals surface area contributed by atoms with Crippen LogP contribution in [0.15, 0.2) is 70.1 Å². The molecule has 2 heterocycles. The highest BCUT2D eigenvalue weighted by Gasteiger charge is 2.18. The highest BCUT2D eigenvalue weighted by Crippen LogP contribution is 2.35. The lowest BCUT2D eigenvalue weighted by Crippen LogP contribution is -2.15. The molecule has 0 aliphatic carbocycles. The number of rotatable bonds is 5. The van der Waals surface area contributed by atoms with Gasteiger partial charge in [-0.2, -0.15) is 0 Å². The number of fused-ring (bicyclic) bond motifs is 2.